The Hall–Kier alpha value is -0.820. The summed E-state index contributed by atoms with van der Waals surface area (Å²) in [6.45, 7) is 8.86. The Labute approximate surface area is 93.9 Å². The maximum atomic E-state index is 3.44. The van der Waals surface area contributed by atoms with E-state index < -0.39 is 0 Å². The van der Waals surface area contributed by atoms with Crippen molar-refractivity contribution in [3.63, 3.8) is 0 Å². The molecule has 1 rings (SSSR count). The molecule has 0 aliphatic heterocycles. The molecule has 0 amide bonds. The summed E-state index contributed by atoms with van der Waals surface area (Å²) in [5.74, 6) is 0.769. The molecular formula is C14H23N. The number of rotatable bonds is 6. The van der Waals surface area contributed by atoms with Crippen LogP contribution in [0.25, 0.3) is 0 Å². The minimum absolute atomic E-state index is 0.769. The molecule has 84 valence electrons. The van der Waals surface area contributed by atoms with Crippen molar-refractivity contribution in [3.8, 4) is 0 Å². The van der Waals surface area contributed by atoms with Crippen LogP contribution < -0.4 is 5.32 Å². The highest BCUT2D eigenvalue weighted by molar-refractivity contribution is 5.25. The van der Waals surface area contributed by atoms with Crippen molar-refractivity contribution in [2.75, 3.05) is 13.1 Å². The van der Waals surface area contributed by atoms with Gasteiger partial charge < -0.3 is 5.32 Å². The third kappa shape index (κ3) is 4.05. The van der Waals surface area contributed by atoms with E-state index in [1.165, 1.54) is 24.0 Å². The third-order valence-electron chi connectivity index (χ3n) is 3.03. The van der Waals surface area contributed by atoms with Gasteiger partial charge in [0.15, 0.2) is 0 Å². The maximum Gasteiger partial charge on any atom is -0.00176 e. The third-order valence-corrected chi connectivity index (χ3v) is 3.03. The van der Waals surface area contributed by atoms with E-state index in [1.54, 1.807) is 0 Å². The van der Waals surface area contributed by atoms with Crippen LogP contribution in [0.5, 0.6) is 0 Å². The predicted molar refractivity (Wildman–Crippen MR) is 67.2 cm³/mol. The molecule has 0 bridgehead atoms. The first-order valence-electron chi connectivity index (χ1n) is 6.03. The van der Waals surface area contributed by atoms with Crippen molar-refractivity contribution in [2.24, 2.45) is 5.92 Å². The summed E-state index contributed by atoms with van der Waals surface area (Å²) in [6, 6.07) is 8.71. The molecule has 0 saturated heterocycles. The van der Waals surface area contributed by atoms with Gasteiger partial charge in [-0.05, 0) is 43.5 Å². The fraction of sp³-hybridized carbons (Fsp3) is 0.571. The van der Waals surface area contributed by atoms with Crippen molar-refractivity contribution in [1.82, 2.24) is 5.32 Å². The lowest BCUT2D eigenvalue weighted by Gasteiger charge is -2.16. The van der Waals surface area contributed by atoms with Crippen LogP contribution in [0.1, 0.15) is 31.4 Å². The first-order chi connectivity index (χ1) is 7.27. The Balaban J connectivity index is 2.54. The molecule has 0 saturated carbocycles. The van der Waals surface area contributed by atoms with Gasteiger partial charge in [-0.3, -0.25) is 0 Å². The summed E-state index contributed by atoms with van der Waals surface area (Å²) in [6.07, 6.45) is 2.46. The van der Waals surface area contributed by atoms with Crippen LogP contribution in [0, 0.1) is 12.8 Å². The second kappa shape index (κ2) is 6.62. The first-order valence-corrected chi connectivity index (χ1v) is 6.03. The Bertz CT molecular complexity index is 280. The van der Waals surface area contributed by atoms with Gasteiger partial charge in [0.25, 0.3) is 0 Å². The van der Waals surface area contributed by atoms with Crippen molar-refractivity contribution in [1.29, 1.82) is 0 Å². The molecule has 0 aliphatic rings. The fourth-order valence-corrected chi connectivity index (χ4v) is 1.86. The highest BCUT2D eigenvalue weighted by atomic mass is 14.8. The summed E-state index contributed by atoms with van der Waals surface area (Å²) >= 11 is 0. The van der Waals surface area contributed by atoms with Crippen LogP contribution in [0.15, 0.2) is 24.3 Å². The van der Waals surface area contributed by atoms with E-state index in [-0.39, 0.29) is 0 Å². The molecule has 0 aliphatic carbocycles. The topological polar surface area (TPSA) is 12.0 Å². The molecule has 0 aromatic heterocycles. The zero-order chi connectivity index (χ0) is 11.1. The lowest BCUT2D eigenvalue weighted by Crippen LogP contribution is -2.23. The van der Waals surface area contributed by atoms with Crippen molar-refractivity contribution < 1.29 is 0 Å². The van der Waals surface area contributed by atoms with Crippen LogP contribution in [-0.4, -0.2) is 13.1 Å². The molecular weight excluding hydrogens is 182 g/mol. The van der Waals surface area contributed by atoms with Gasteiger partial charge >= 0.3 is 0 Å². The molecule has 1 N–H and O–H groups in total. The predicted octanol–water partition coefficient (Wildman–Crippen LogP) is 3.17. The SMILES string of the molecule is CCNCC(CC)Cc1ccccc1C. The molecule has 1 unspecified atom stereocenters. The van der Waals surface area contributed by atoms with Crippen LogP contribution in [-0.2, 0) is 6.42 Å². The van der Waals surface area contributed by atoms with Crippen LogP contribution in [0.4, 0.5) is 0 Å². The molecule has 0 spiro atoms. The normalized spacial score (nSPS) is 12.7. The molecule has 1 heteroatoms. The largest absolute Gasteiger partial charge is 0.317 e. The number of hydrogen-bond acceptors (Lipinski definition) is 1. The summed E-state index contributed by atoms with van der Waals surface area (Å²) < 4.78 is 0. The zero-order valence-corrected chi connectivity index (χ0v) is 10.2. The standard InChI is InChI=1S/C14H23N/c1-4-13(11-15-5-2)10-14-9-7-6-8-12(14)3/h6-9,13,15H,4-5,10-11H2,1-3H3. The number of aryl methyl sites for hydroxylation is 1. The smallest absolute Gasteiger partial charge is 0.00176 e. The second-order valence-corrected chi connectivity index (χ2v) is 4.21. The van der Waals surface area contributed by atoms with Crippen LogP contribution in [0.2, 0.25) is 0 Å². The Morgan fingerprint density at radius 2 is 1.93 bits per heavy atom. The van der Waals surface area contributed by atoms with Crippen molar-refractivity contribution in [2.45, 2.75) is 33.6 Å². The summed E-state index contributed by atoms with van der Waals surface area (Å²) in [5, 5.41) is 3.44. The highest BCUT2D eigenvalue weighted by Gasteiger charge is 2.07. The maximum absolute atomic E-state index is 3.44. The average molecular weight is 205 g/mol. The number of hydrogen-bond donors (Lipinski definition) is 1. The van der Waals surface area contributed by atoms with Gasteiger partial charge in [-0.1, -0.05) is 44.5 Å². The van der Waals surface area contributed by atoms with Gasteiger partial charge in [0.2, 0.25) is 0 Å². The minimum Gasteiger partial charge on any atom is -0.317 e. The lowest BCUT2D eigenvalue weighted by atomic mass is 9.94. The molecule has 1 nitrogen and oxygen atoms in total. The van der Waals surface area contributed by atoms with E-state index in [1.807, 2.05) is 0 Å². The average Bonchev–Trinajstić information content (AvgIpc) is 2.26. The molecule has 0 radical (unpaired) electrons. The second-order valence-electron chi connectivity index (χ2n) is 4.21. The number of benzene rings is 1. The zero-order valence-electron chi connectivity index (χ0n) is 10.2. The molecule has 1 atom stereocenters. The number of nitrogens with one attached hydrogen (secondary N) is 1. The van der Waals surface area contributed by atoms with Crippen molar-refractivity contribution in [3.05, 3.63) is 35.4 Å². The molecule has 0 heterocycles. The molecule has 0 fully saturated rings. The molecule has 1 aromatic carbocycles. The summed E-state index contributed by atoms with van der Waals surface area (Å²) in [4.78, 5) is 0. The van der Waals surface area contributed by atoms with Gasteiger partial charge in [0.1, 0.15) is 0 Å². The Kier molecular flexibility index (Phi) is 5.41. The van der Waals surface area contributed by atoms with Crippen LogP contribution in [0.3, 0.4) is 0 Å². The monoisotopic (exact) mass is 205 g/mol. The van der Waals surface area contributed by atoms with E-state index in [0.29, 0.717) is 0 Å². The summed E-state index contributed by atoms with van der Waals surface area (Å²) in [7, 11) is 0. The fourth-order valence-electron chi connectivity index (χ4n) is 1.86. The van der Waals surface area contributed by atoms with Gasteiger partial charge in [-0.15, -0.1) is 0 Å². The van der Waals surface area contributed by atoms with Gasteiger partial charge in [0, 0.05) is 0 Å². The highest BCUT2D eigenvalue weighted by Crippen LogP contribution is 2.15. The van der Waals surface area contributed by atoms with Crippen LogP contribution >= 0.6 is 0 Å². The van der Waals surface area contributed by atoms with Gasteiger partial charge in [-0.2, -0.15) is 0 Å². The van der Waals surface area contributed by atoms with E-state index in [0.717, 1.165) is 19.0 Å². The van der Waals surface area contributed by atoms with Crippen molar-refractivity contribution >= 4 is 0 Å². The van der Waals surface area contributed by atoms with E-state index >= 15 is 0 Å². The minimum atomic E-state index is 0.769. The summed E-state index contributed by atoms with van der Waals surface area (Å²) in [5.41, 5.74) is 2.93. The quantitative estimate of drug-likeness (QED) is 0.752. The molecule has 15 heavy (non-hydrogen) atoms. The first kappa shape index (κ1) is 12.3. The Morgan fingerprint density at radius 3 is 2.53 bits per heavy atom. The lowest BCUT2D eigenvalue weighted by molar-refractivity contribution is 0.466. The van der Waals surface area contributed by atoms with Gasteiger partial charge in [0.05, 0.1) is 0 Å². The Morgan fingerprint density at radius 1 is 1.20 bits per heavy atom. The molecule has 1 aromatic rings. The van der Waals surface area contributed by atoms with E-state index in [2.05, 4.69) is 50.4 Å². The van der Waals surface area contributed by atoms with E-state index in [4.69, 9.17) is 0 Å². The van der Waals surface area contributed by atoms with E-state index in [9.17, 15) is 0 Å². The van der Waals surface area contributed by atoms with Gasteiger partial charge in [-0.25, -0.2) is 0 Å².